The number of carbonyl (C=O) groups excluding carboxylic acids is 1. The molecule has 2 unspecified atom stereocenters. The molecule has 1 heterocycles. The van der Waals surface area contributed by atoms with Gasteiger partial charge in [-0.15, -0.1) is 0 Å². The molecule has 1 saturated carbocycles. The van der Waals surface area contributed by atoms with Crippen molar-refractivity contribution in [3.8, 4) is 5.75 Å². The van der Waals surface area contributed by atoms with E-state index in [0.717, 1.165) is 29.9 Å². The van der Waals surface area contributed by atoms with Crippen molar-refractivity contribution < 1.29 is 34.0 Å². The third-order valence-corrected chi connectivity index (χ3v) is 8.02. The van der Waals surface area contributed by atoms with Crippen molar-refractivity contribution in [2.24, 2.45) is 11.3 Å². The minimum absolute atomic E-state index is 0.0492. The number of esters is 1. The molecule has 1 aliphatic carbocycles. The molecule has 0 amide bonds. The molecule has 6 atom stereocenters. The minimum atomic E-state index is -0.876. The first-order valence-electron chi connectivity index (χ1n) is 13.4. The summed E-state index contributed by atoms with van der Waals surface area (Å²) in [6, 6.07) is 7.56. The van der Waals surface area contributed by atoms with Crippen molar-refractivity contribution in [1.29, 1.82) is 0 Å². The number of methoxy groups -OCH3 is 1. The lowest BCUT2D eigenvalue weighted by molar-refractivity contribution is -0.182. The van der Waals surface area contributed by atoms with E-state index in [2.05, 4.69) is 11.8 Å². The maximum Gasteiger partial charge on any atom is 0.331 e. The highest BCUT2D eigenvalue weighted by Gasteiger charge is 2.63. The molecule has 8 heteroatoms. The van der Waals surface area contributed by atoms with Crippen LogP contribution in [0.25, 0.3) is 6.08 Å². The Balaban J connectivity index is 1.65. The smallest absolute Gasteiger partial charge is 0.331 e. The van der Waals surface area contributed by atoms with E-state index >= 15 is 0 Å². The molecule has 2 fully saturated rings. The third-order valence-electron chi connectivity index (χ3n) is 8.02. The molecule has 0 spiro atoms. The largest absolute Gasteiger partial charge is 0.492 e. The summed E-state index contributed by atoms with van der Waals surface area (Å²) in [5.74, 6) is 0.175. The number of hydrogen-bond acceptors (Lipinski definition) is 8. The molecule has 212 valence electrons. The fraction of sp³-hybridized carbons (Fsp3) is 0.633. The van der Waals surface area contributed by atoms with Gasteiger partial charge in [-0.05, 0) is 76.4 Å². The first kappa shape index (κ1) is 30.3. The Bertz CT molecular complexity index is 975. The van der Waals surface area contributed by atoms with Crippen molar-refractivity contribution in [3.63, 3.8) is 0 Å². The van der Waals surface area contributed by atoms with Crippen molar-refractivity contribution in [1.82, 2.24) is 4.90 Å². The number of ether oxygens (including phenoxy) is 4. The molecule has 0 bridgehead atoms. The van der Waals surface area contributed by atoms with Crippen molar-refractivity contribution in [2.75, 3.05) is 47.6 Å². The Morgan fingerprint density at radius 3 is 2.61 bits per heavy atom. The number of benzene rings is 1. The quantitative estimate of drug-likeness (QED) is 0.240. The van der Waals surface area contributed by atoms with Gasteiger partial charge >= 0.3 is 5.97 Å². The number of hydrogen-bond donors (Lipinski definition) is 2. The molecule has 1 aromatic carbocycles. The Morgan fingerprint density at radius 2 is 1.97 bits per heavy atom. The lowest BCUT2D eigenvalue weighted by atomic mass is 9.60. The van der Waals surface area contributed by atoms with Gasteiger partial charge in [0, 0.05) is 25.6 Å². The number of aliphatic hydroxyl groups excluding tert-OH is 2. The Morgan fingerprint density at radius 1 is 1.26 bits per heavy atom. The van der Waals surface area contributed by atoms with E-state index in [4.69, 9.17) is 18.9 Å². The first-order chi connectivity index (χ1) is 18.0. The van der Waals surface area contributed by atoms with Crippen LogP contribution in [0.4, 0.5) is 0 Å². The van der Waals surface area contributed by atoms with Gasteiger partial charge in [0.25, 0.3) is 0 Å². The lowest BCUT2D eigenvalue weighted by Gasteiger charge is -2.49. The minimum Gasteiger partial charge on any atom is -0.492 e. The van der Waals surface area contributed by atoms with E-state index < -0.39 is 29.9 Å². The van der Waals surface area contributed by atoms with E-state index in [0.29, 0.717) is 26.1 Å². The van der Waals surface area contributed by atoms with Crippen LogP contribution in [0.5, 0.6) is 5.75 Å². The van der Waals surface area contributed by atoms with Gasteiger partial charge in [-0.3, -0.25) is 0 Å². The molecule has 2 N–H and O–H groups in total. The van der Waals surface area contributed by atoms with Gasteiger partial charge in [-0.2, -0.15) is 0 Å². The van der Waals surface area contributed by atoms with E-state index in [1.54, 1.807) is 13.2 Å². The third kappa shape index (κ3) is 7.24. The zero-order chi connectivity index (χ0) is 27.9. The second-order valence-electron chi connectivity index (χ2n) is 11.3. The highest BCUT2D eigenvalue weighted by Crippen LogP contribution is 2.55. The molecule has 1 aliphatic heterocycles. The van der Waals surface area contributed by atoms with Crippen LogP contribution in [0.3, 0.4) is 0 Å². The number of aliphatic hydroxyl groups is 2. The molecule has 0 radical (unpaired) electrons. The Hall–Kier alpha value is -2.23. The summed E-state index contributed by atoms with van der Waals surface area (Å²) in [6.45, 7) is 7.79. The maximum atomic E-state index is 12.8. The van der Waals surface area contributed by atoms with Gasteiger partial charge in [-0.25, -0.2) is 4.79 Å². The fourth-order valence-electron chi connectivity index (χ4n) is 5.70. The zero-order valence-corrected chi connectivity index (χ0v) is 23.7. The van der Waals surface area contributed by atoms with Gasteiger partial charge in [0.1, 0.15) is 24.6 Å². The van der Waals surface area contributed by atoms with Gasteiger partial charge in [0.15, 0.2) is 0 Å². The molecule has 3 rings (SSSR count). The summed E-state index contributed by atoms with van der Waals surface area (Å²) in [7, 11) is 5.62. The second kappa shape index (κ2) is 13.2. The van der Waals surface area contributed by atoms with Crippen LogP contribution in [0, 0.1) is 11.3 Å². The Labute approximate surface area is 227 Å². The van der Waals surface area contributed by atoms with Crippen LogP contribution in [-0.2, 0) is 19.0 Å². The molecule has 1 aromatic rings. The summed E-state index contributed by atoms with van der Waals surface area (Å²) in [5, 5.41) is 20.5. The van der Waals surface area contributed by atoms with Gasteiger partial charge in [0.2, 0.25) is 0 Å². The number of fused-ring (bicyclic) bond motifs is 1. The SMILES string of the molecule is CO[C@H]1[C@@H]2C(C)(C(O)C/C=C(\C)CO)OC[C@@]2(C)CC[C@H]1OC(=O)/C=C/c1ccc(OCCN(C)C)cc1. The van der Waals surface area contributed by atoms with Crippen molar-refractivity contribution in [3.05, 3.63) is 47.6 Å². The fourth-order valence-corrected chi connectivity index (χ4v) is 5.70. The van der Waals surface area contributed by atoms with Crippen LogP contribution >= 0.6 is 0 Å². The average Bonchev–Trinajstić information content (AvgIpc) is 3.18. The maximum absolute atomic E-state index is 12.8. The van der Waals surface area contributed by atoms with Crippen LogP contribution < -0.4 is 4.74 Å². The zero-order valence-electron chi connectivity index (χ0n) is 23.7. The van der Waals surface area contributed by atoms with E-state index in [9.17, 15) is 15.0 Å². The molecular weight excluding hydrogens is 486 g/mol. The van der Waals surface area contributed by atoms with Crippen LogP contribution in [0.1, 0.15) is 45.6 Å². The van der Waals surface area contributed by atoms with E-state index in [-0.39, 0.29) is 17.9 Å². The topological polar surface area (TPSA) is 97.7 Å². The van der Waals surface area contributed by atoms with Crippen LogP contribution in [0.15, 0.2) is 42.0 Å². The molecule has 38 heavy (non-hydrogen) atoms. The molecule has 8 nitrogen and oxygen atoms in total. The van der Waals surface area contributed by atoms with E-state index in [1.165, 1.54) is 6.08 Å². The van der Waals surface area contributed by atoms with Crippen molar-refractivity contribution in [2.45, 2.75) is 63.9 Å². The molecular formula is C30H45NO7. The predicted molar refractivity (Wildman–Crippen MR) is 147 cm³/mol. The monoisotopic (exact) mass is 531 g/mol. The molecule has 0 aromatic heterocycles. The van der Waals surface area contributed by atoms with Gasteiger partial charge in [0.05, 0.1) is 24.9 Å². The predicted octanol–water partition coefficient (Wildman–Crippen LogP) is 3.46. The van der Waals surface area contributed by atoms with Crippen molar-refractivity contribution >= 4 is 12.0 Å². The van der Waals surface area contributed by atoms with E-state index in [1.807, 2.05) is 58.3 Å². The summed E-state index contributed by atoms with van der Waals surface area (Å²) < 4.78 is 23.8. The number of rotatable bonds is 12. The summed E-state index contributed by atoms with van der Waals surface area (Å²) in [6.07, 6.45) is 5.14. The second-order valence-corrected chi connectivity index (χ2v) is 11.3. The molecule has 2 aliphatic rings. The standard InChI is InChI=1S/C30H45NO7/c1-21(19-32)7-13-25(33)30(3)28-27(35-6)24(15-16-29(28,2)20-37-30)38-26(34)14-10-22-8-11-23(12-9-22)36-18-17-31(4)5/h7-12,14,24-25,27-28,32-33H,13,15-20H2,1-6H3/b14-10+,21-7+/t24-,25?,27-,28+,29-,30?/m1/s1. The van der Waals surface area contributed by atoms with Crippen LogP contribution in [0.2, 0.25) is 0 Å². The number of carbonyl (C=O) groups is 1. The van der Waals surface area contributed by atoms with Crippen LogP contribution in [-0.4, -0.2) is 92.6 Å². The normalized spacial score (nSPS) is 30.4. The first-order valence-corrected chi connectivity index (χ1v) is 13.4. The summed E-state index contributed by atoms with van der Waals surface area (Å²) >= 11 is 0. The van der Waals surface area contributed by atoms with Gasteiger partial charge in [-0.1, -0.05) is 30.7 Å². The molecule has 1 saturated heterocycles. The highest BCUT2D eigenvalue weighted by atomic mass is 16.6. The number of likely N-dealkylation sites (N-methyl/N-ethyl adjacent to an activating group) is 1. The summed E-state index contributed by atoms with van der Waals surface area (Å²) in [5.41, 5.74) is 0.582. The lowest BCUT2D eigenvalue weighted by Crippen LogP contribution is -2.58. The van der Waals surface area contributed by atoms with Gasteiger partial charge < -0.3 is 34.1 Å². The number of nitrogens with zero attached hydrogens (tertiary/aromatic N) is 1. The Kier molecular flexibility index (Phi) is 10.5. The highest BCUT2D eigenvalue weighted by molar-refractivity contribution is 5.87. The average molecular weight is 532 g/mol. The summed E-state index contributed by atoms with van der Waals surface area (Å²) in [4.78, 5) is 14.8.